The summed E-state index contributed by atoms with van der Waals surface area (Å²) in [6.45, 7) is 7.74. The molecule has 84 valence electrons. The third-order valence-electron chi connectivity index (χ3n) is 2.70. The Balaban J connectivity index is 3.86. The average molecular weight is 200 g/mol. The van der Waals surface area contributed by atoms with Crippen LogP contribution in [0.2, 0.25) is 0 Å². The molecule has 0 radical (unpaired) electrons. The molecule has 2 heteroatoms. The maximum atomic E-state index is 11.6. The molecule has 0 amide bonds. The first-order valence-electron chi connectivity index (χ1n) is 5.72. The first-order valence-corrected chi connectivity index (χ1v) is 5.72. The maximum absolute atomic E-state index is 11.6. The van der Waals surface area contributed by atoms with Gasteiger partial charge in [0.2, 0.25) is 0 Å². The van der Waals surface area contributed by atoms with Crippen molar-refractivity contribution in [3.8, 4) is 0 Å². The van der Waals surface area contributed by atoms with Crippen molar-refractivity contribution in [3.05, 3.63) is 0 Å². The Morgan fingerprint density at radius 2 is 1.79 bits per heavy atom. The Bertz CT molecular complexity index is 164. The summed E-state index contributed by atoms with van der Waals surface area (Å²) in [6.07, 6.45) is 3.62. The molecule has 1 N–H and O–H groups in total. The molecule has 14 heavy (non-hydrogen) atoms. The number of carbonyl (C=O) groups excluding carboxylic acids is 1. The SMILES string of the molecule is CCCCC[C@H](O)[C@H](C)C(=O)C(C)C. The lowest BCUT2D eigenvalue weighted by atomic mass is 9.90. The molecule has 2 nitrogen and oxygen atoms in total. The predicted octanol–water partition coefficient (Wildman–Crippen LogP) is 2.79. The van der Waals surface area contributed by atoms with Crippen LogP contribution in [-0.4, -0.2) is 17.0 Å². The van der Waals surface area contributed by atoms with Crippen LogP contribution in [0.3, 0.4) is 0 Å². The first kappa shape index (κ1) is 13.6. The molecule has 0 bridgehead atoms. The number of unbranched alkanes of at least 4 members (excludes halogenated alkanes) is 2. The molecule has 0 aromatic carbocycles. The predicted molar refractivity (Wildman–Crippen MR) is 59.2 cm³/mol. The van der Waals surface area contributed by atoms with Crippen molar-refractivity contribution in [3.63, 3.8) is 0 Å². The Morgan fingerprint density at radius 3 is 2.21 bits per heavy atom. The van der Waals surface area contributed by atoms with Crippen LogP contribution in [0.4, 0.5) is 0 Å². The van der Waals surface area contributed by atoms with E-state index in [-0.39, 0.29) is 17.6 Å². The average Bonchev–Trinajstić information content (AvgIpc) is 2.15. The van der Waals surface area contributed by atoms with Gasteiger partial charge >= 0.3 is 0 Å². The van der Waals surface area contributed by atoms with E-state index in [9.17, 15) is 9.90 Å². The van der Waals surface area contributed by atoms with E-state index < -0.39 is 6.10 Å². The topological polar surface area (TPSA) is 37.3 Å². The molecular weight excluding hydrogens is 176 g/mol. The molecular formula is C12H24O2. The fourth-order valence-corrected chi connectivity index (χ4v) is 1.57. The lowest BCUT2D eigenvalue weighted by Crippen LogP contribution is -2.28. The van der Waals surface area contributed by atoms with E-state index >= 15 is 0 Å². The Labute approximate surface area is 87.7 Å². The largest absolute Gasteiger partial charge is 0.392 e. The van der Waals surface area contributed by atoms with Crippen molar-refractivity contribution in [2.45, 2.75) is 59.5 Å². The van der Waals surface area contributed by atoms with E-state index in [4.69, 9.17) is 0 Å². The number of hydrogen-bond acceptors (Lipinski definition) is 2. The number of aliphatic hydroxyl groups is 1. The van der Waals surface area contributed by atoms with Crippen molar-refractivity contribution in [1.29, 1.82) is 0 Å². The highest BCUT2D eigenvalue weighted by molar-refractivity contribution is 5.82. The van der Waals surface area contributed by atoms with Gasteiger partial charge in [-0.05, 0) is 6.42 Å². The molecule has 0 heterocycles. The summed E-state index contributed by atoms with van der Waals surface area (Å²) < 4.78 is 0. The Hall–Kier alpha value is -0.370. The van der Waals surface area contributed by atoms with E-state index in [0.717, 1.165) is 25.7 Å². The first-order chi connectivity index (χ1) is 6.50. The summed E-state index contributed by atoms with van der Waals surface area (Å²) in [5.41, 5.74) is 0. The molecule has 0 saturated heterocycles. The molecule has 0 unspecified atom stereocenters. The quantitative estimate of drug-likeness (QED) is 0.642. The minimum atomic E-state index is -0.448. The second-order valence-corrected chi connectivity index (χ2v) is 4.41. The summed E-state index contributed by atoms with van der Waals surface area (Å²) >= 11 is 0. The fourth-order valence-electron chi connectivity index (χ4n) is 1.57. The van der Waals surface area contributed by atoms with Crippen LogP contribution < -0.4 is 0 Å². The van der Waals surface area contributed by atoms with Gasteiger partial charge in [0.25, 0.3) is 0 Å². The zero-order valence-corrected chi connectivity index (χ0v) is 9.92. The molecule has 0 saturated carbocycles. The number of aliphatic hydroxyl groups excluding tert-OH is 1. The Kier molecular flexibility index (Phi) is 6.81. The van der Waals surface area contributed by atoms with Crippen LogP contribution in [0.15, 0.2) is 0 Å². The van der Waals surface area contributed by atoms with Gasteiger partial charge in [-0.15, -0.1) is 0 Å². The Morgan fingerprint density at radius 1 is 1.21 bits per heavy atom. The summed E-state index contributed by atoms with van der Waals surface area (Å²) in [5.74, 6) is 0.00618. The van der Waals surface area contributed by atoms with Gasteiger partial charge in [-0.1, -0.05) is 47.0 Å². The third kappa shape index (κ3) is 4.75. The molecule has 0 aromatic heterocycles. The molecule has 0 aromatic rings. The molecule has 0 rings (SSSR count). The molecule has 0 spiro atoms. The maximum Gasteiger partial charge on any atom is 0.140 e. The second-order valence-electron chi connectivity index (χ2n) is 4.41. The lowest BCUT2D eigenvalue weighted by Gasteiger charge is -2.19. The fraction of sp³-hybridized carbons (Fsp3) is 0.917. The van der Waals surface area contributed by atoms with Crippen molar-refractivity contribution >= 4 is 5.78 Å². The van der Waals surface area contributed by atoms with Crippen LogP contribution in [0.1, 0.15) is 53.4 Å². The van der Waals surface area contributed by atoms with Crippen LogP contribution in [0.25, 0.3) is 0 Å². The zero-order chi connectivity index (χ0) is 11.1. The van der Waals surface area contributed by atoms with Gasteiger partial charge in [0.15, 0.2) is 0 Å². The van der Waals surface area contributed by atoms with E-state index in [0.29, 0.717) is 0 Å². The van der Waals surface area contributed by atoms with Crippen LogP contribution >= 0.6 is 0 Å². The van der Waals surface area contributed by atoms with Crippen LogP contribution in [0.5, 0.6) is 0 Å². The van der Waals surface area contributed by atoms with Gasteiger partial charge in [0.1, 0.15) is 5.78 Å². The van der Waals surface area contributed by atoms with E-state index in [1.54, 1.807) is 0 Å². The molecule has 2 atom stereocenters. The van der Waals surface area contributed by atoms with E-state index in [1.807, 2.05) is 20.8 Å². The van der Waals surface area contributed by atoms with Crippen molar-refractivity contribution in [2.24, 2.45) is 11.8 Å². The van der Waals surface area contributed by atoms with Gasteiger partial charge in [0, 0.05) is 11.8 Å². The summed E-state index contributed by atoms with van der Waals surface area (Å²) in [4.78, 5) is 11.6. The monoisotopic (exact) mass is 200 g/mol. The summed E-state index contributed by atoms with van der Waals surface area (Å²) in [6, 6.07) is 0. The minimum Gasteiger partial charge on any atom is -0.392 e. The minimum absolute atomic E-state index is 0.0332. The van der Waals surface area contributed by atoms with E-state index in [2.05, 4.69) is 6.92 Å². The van der Waals surface area contributed by atoms with Gasteiger partial charge in [-0.3, -0.25) is 4.79 Å². The highest BCUT2D eigenvalue weighted by Crippen LogP contribution is 2.15. The number of hydrogen-bond donors (Lipinski definition) is 1. The van der Waals surface area contributed by atoms with Crippen molar-refractivity contribution in [1.82, 2.24) is 0 Å². The van der Waals surface area contributed by atoms with Crippen LogP contribution in [-0.2, 0) is 4.79 Å². The molecule has 0 fully saturated rings. The highest BCUT2D eigenvalue weighted by Gasteiger charge is 2.23. The third-order valence-corrected chi connectivity index (χ3v) is 2.70. The zero-order valence-electron chi connectivity index (χ0n) is 9.92. The molecule has 0 aliphatic rings. The van der Waals surface area contributed by atoms with E-state index in [1.165, 1.54) is 0 Å². The summed E-state index contributed by atoms with van der Waals surface area (Å²) in [7, 11) is 0. The van der Waals surface area contributed by atoms with Crippen molar-refractivity contribution in [2.75, 3.05) is 0 Å². The van der Waals surface area contributed by atoms with Gasteiger partial charge in [0.05, 0.1) is 6.10 Å². The molecule has 0 aliphatic heterocycles. The smallest absolute Gasteiger partial charge is 0.140 e. The molecule has 0 aliphatic carbocycles. The second kappa shape index (κ2) is 6.99. The number of rotatable bonds is 7. The number of carbonyl (C=O) groups is 1. The number of Topliss-reactive ketones (excluding diaryl/α,β-unsaturated/α-hetero) is 1. The normalized spacial score (nSPS) is 15.6. The number of ketones is 1. The highest BCUT2D eigenvalue weighted by atomic mass is 16.3. The van der Waals surface area contributed by atoms with Crippen LogP contribution in [0, 0.1) is 11.8 Å². The van der Waals surface area contributed by atoms with Crippen molar-refractivity contribution < 1.29 is 9.90 Å². The standard InChI is InChI=1S/C12H24O2/c1-5-6-7-8-11(13)10(4)12(14)9(2)3/h9-11,13H,5-8H2,1-4H3/t10-,11-/m0/s1. The van der Waals surface area contributed by atoms with Gasteiger partial charge < -0.3 is 5.11 Å². The van der Waals surface area contributed by atoms with Gasteiger partial charge in [-0.25, -0.2) is 0 Å². The lowest BCUT2D eigenvalue weighted by molar-refractivity contribution is -0.128. The van der Waals surface area contributed by atoms with Gasteiger partial charge in [-0.2, -0.15) is 0 Å². The summed E-state index contributed by atoms with van der Waals surface area (Å²) in [5, 5.41) is 9.74.